The zero-order valence-electron chi connectivity index (χ0n) is 13.3. The zero-order chi connectivity index (χ0) is 15.0. The van der Waals surface area contributed by atoms with Crippen molar-refractivity contribution in [1.29, 1.82) is 0 Å². The first-order valence-electron chi connectivity index (χ1n) is 7.54. The Morgan fingerprint density at radius 3 is 2.75 bits per heavy atom. The molecule has 1 unspecified atom stereocenters. The van der Waals surface area contributed by atoms with Crippen molar-refractivity contribution >= 4 is 11.4 Å². The van der Waals surface area contributed by atoms with Crippen LogP contribution in [0.3, 0.4) is 0 Å². The molecule has 0 aromatic heterocycles. The summed E-state index contributed by atoms with van der Waals surface area (Å²) in [4.78, 5) is 2.36. The molecule has 0 saturated heterocycles. The van der Waals surface area contributed by atoms with Crippen molar-refractivity contribution in [3.8, 4) is 5.75 Å². The predicted octanol–water partition coefficient (Wildman–Crippen LogP) is 3.20. The predicted molar refractivity (Wildman–Crippen MR) is 87.5 cm³/mol. The van der Waals surface area contributed by atoms with Crippen molar-refractivity contribution in [2.45, 2.75) is 39.7 Å². The van der Waals surface area contributed by atoms with Gasteiger partial charge in [0.15, 0.2) is 0 Å². The number of hydrogen-bond acceptors (Lipinski definition) is 4. The fraction of sp³-hybridized carbons (Fsp3) is 0.625. The van der Waals surface area contributed by atoms with Gasteiger partial charge in [-0.1, -0.05) is 13.8 Å². The number of nitrogens with zero attached hydrogens (tertiary/aromatic N) is 1. The number of ether oxygens (including phenoxy) is 1. The fourth-order valence-electron chi connectivity index (χ4n) is 1.89. The molecule has 0 aliphatic rings. The first kappa shape index (κ1) is 16.6. The lowest BCUT2D eigenvalue weighted by Crippen LogP contribution is -2.32. The number of nitrogens with two attached hydrogens (primary N) is 1. The molecule has 1 aromatic carbocycles. The van der Waals surface area contributed by atoms with Gasteiger partial charge in [0.25, 0.3) is 0 Å². The Kier molecular flexibility index (Phi) is 7.23. The number of rotatable bonds is 9. The molecule has 1 aromatic rings. The molecule has 0 aliphatic heterocycles. The summed E-state index contributed by atoms with van der Waals surface area (Å²) >= 11 is 0. The normalized spacial score (nSPS) is 12.4. The lowest BCUT2D eigenvalue weighted by Gasteiger charge is -2.23. The van der Waals surface area contributed by atoms with Crippen LogP contribution in [0, 0.1) is 0 Å². The molecule has 0 saturated carbocycles. The van der Waals surface area contributed by atoms with Crippen LogP contribution in [0.15, 0.2) is 18.2 Å². The van der Waals surface area contributed by atoms with Crippen molar-refractivity contribution in [2.75, 3.05) is 37.8 Å². The molecule has 0 radical (unpaired) electrons. The fourth-order valence-corrected chi connectivity index (χ4v) is 1.89. The monoisotopic (exact) mass is 279 g/mol. The molecule has 0 amide bonds. The van der Waals surface area contributed by atoms with Crippen LogP contribution in [0.1, 0.15) is 33.6 Å². The van der Waals surface area contributed by atoms with Crippen molar-refractivity contribution in [2.24, 2.45) is 0 Å². The first-order valence-corrected chi connectivity index (χ1v) is 7.54. The summed E-state index contributed by atoms with van der Waals surface area (Å²) in [7, 11) is 2.16. The number of benzene rings is 1. The summed E-state index contributed by atoms with van der Waals surface area (Å²) in [6.45, 7) is 9.18. The SMILES string of the molecule is CCCOc1cc(NCCN(C)C(C)CC)ccc1N. The molecular formula is C16H29N3O. The maximum absolute atomic E-state index is 5.90. The maximum Gasteiger partial charge on any atom is 0.144 e. The quantitative estimate of drug-likeness (QED) is 0.682. The summed E-state index contributed by atoms with van der Waals surface area (Å²) in [5.74, 6) is 0.770. The maximum atomic E-state index is 5.90. The summed E-state index contributed by atoms with van der Waals surface area (Å²) in [5, 5.41) is 3.42. The average Bonchev–Trinajstić information content (AvgIpc) is 2.46. The largest absolute Gasteiger partial charge is 0.491 e. The lowest BCUT2D eigenvalue weighted by molar-refractivity contribution is 0.261. The Hall–Kier alpha value is -1.42. The number of nitrogens with one attached hydrogen (secondary N) is 1. The van der Waals surface area contributed by atoms with Crippen LogP contribution < -0.4 is 15.8 Å². The molecule has 20 heavy (non-hydrogen) atoms. The minimum atomic E-state index is 0.617. The zero-order valence-corrected chi connectivity index (χ0v) is 13.3. The van der Waals surface area contributed by atoms with Crippen molar-refractivity contribution in [3.63, 3.8) is 0 Å². The van der Waals surface area contributed by atoms with Gasteiger partial charge in [-0.25, -0.2) is 0 Å². The number of hydrogen-bond donors (Lipinski definition) is 2. The van der Waals surface area contributed by atoms with E-state index in [1.54, 1.807) is 0 Å². The molecule has 0 spiro atoms. The molecule has 0 aliphatic carbocycles. The van der Waals surface area contributed by atoms with E-state index in [1.165, 1.54) is 6.42 Å². The Bertz CT molecular complexity index is 395. The topological polar surface area (TPSA) is 50.5 Å². The van der Waals surface area contributed by atoms with E-state index in [4.69, 9.17) is 10.5 Å². The third-order valence-corrected chi connectivity index (χ3v) is 3.61. The molecule has 4 nitrogen and oxygen atoms in total. The van der Waals surface area contributed by atoms with Gasteiger partial charge >= 0.3 is 0 Å². The van der Waals surface area contributed by atoms with Crippen LogP contribution >= 0.6 is 0 Å². The molecule has 0 bridgehead atoms. The van der Waals surface area contributed by atoms with Gasteiger partial charge in [0.05, 0.1) is 12.3 Å². The van der Waals surface area contributed by atoms with Crippen molar-refractivity contribution in [1.82, 2.24) is 4.90 Å². The van der Waals surface area contributed by atoms with Crippen molar-refractivity contribution < 1.29 is 4.74 Å². The van der Waals surface area contributed by atoms with Crippen LogP contribution in [0.5, 0.6) is 5.75 Å². The summed E-state index contributed by atoms with van der Waals surface area (Å²) in [5.41, 5.74) is 7.66. The van der Waals surface area contributed by atoms with E-state index in [2.05, 4.69) is 38.0 Å². The van der Waals surface area contributed by atoms with Gasteiger partial charge in [0.1, 0.15) is 5.75 Å². The Balaban J connectivity index is 2.47. The van der Waals surface area contributed by atoms with Crippen LogP contribution in [0.2, 0.25) is 0 Å². The molecule has 3 N–H and O–H groups in total. The highest BCUT2D eigenvalue weighted by atomic mass is 16.5. The second-order valence-corrected chi connectivity index (χ2v) is 5.27. The Morgan fingerprint density at radius 2 is 2.10 bits per heavy atom. The van der Waals surface area contributed by atoms with Crippen LogP contribution in [0.25, 0.3) is 0 Å². The number of anilines is 2. The van der Waals surface area contributed by atoms with Gasteiger partial charge in [-0.2, -0.15) is 0 Å². The van der Waals surface area contributed by atoms with E-state index in [9.17, 15) is 0 Å². The van der Waals surface area contributed by atoms with E-state index in [0.717, 1.165) is 30.9 Å². The summed E-state index contributed by atoms with van der Waals surface area (Å²) in [6.07, 6.45) is 2.16. The average molecular weight is 279 g/mol. The summed E-state index contributed by atoms with van der Waals surface area (Å²) < 4.78 is 5.63. The van der Waals surface area contributed by atoms with Gasteiger partial charge in [-0.05, 0) is 38.9 Å². The van der Waals surface area contributed by atoms with Gasteiger partial charge in [0.2, 0.25) is 0 Å². The smallest absolute Gasteiger partial charge is 0.144 e. The highest BCUT2D eigenvalue weighted by Gasteiger charge is 2.06. The van der Waals surface area contributed by atoms with Crippen molar-refractivity contribution in [3.05, 3.63) is 18.2 Å². The van der Waals surface area contributed by atoms with E-state index in [-0.39, 0.29) is 0 Å². The molecule has 0 fully saturated rings. The summed E-state index contributed by atoms with van der Waals surface area (Å²) in [6, 6.07) is 6.49. The third kappa shape index (κ3) is 5.29. The van der Waals surface area contributed by atoms with E-state index in [1.807, 2.05) is 18.2 Å². The standard InChI is InChI=1S/C16H29N3O/c1-5-11-20-16-12-14(7-8-15(16)17)18-9-10-19(4)13(3)6-2/h7-8,12-13,18H,5-6,9-11,17H2,1-4H3. The molecule has 1 atom stereocenters. The van der Waals surface area contributed by atoms with Gasteiger partial charge in [0, 0.05) is 30.9 Å². The van der Waals surface area contributed by atoms with E-state index in [0.29, 0.717) is 18.3 Å². The minimum Gasteiger partial charge on any atom is -0.491 e. The molecule has 0 heterocycles. The molecule has 114 valence electrons. The second kappa shape index (κ2) is 8.69. The Morgan fingerprint density at radius 1 is 1.35 bits per heavy atom. The van der Waals surface area contributed by atoms with E-state index >= 15 is 0 Å². The van der Waals surface area contributed by atoms with Crippen LogP contribution in [-0.4, -0.2) is 37.7 Å². The highest BCUT2D eigenvalue weighted by molar-refractivity contribution is 5.61. The lowest BCUT2D eigenvalue weighted by atomic mass is 10.2. The highest BCUT2D eigenvalue weighted by Crippen LogP contribution is 2.25. The van der Waals surface area contributed by atoms with Gasteiger partial charge < -0.3 is 20.7 Å². The molecule has 4 heteroatoms. The second-order valence-electron chi connectivity index (χ2n) is 5.27. The minimum absolute atomic E-state index is 0.617. The molecular weight excluding hydrogens is 250 g/mol. The third-order valence-electron chi connectivity index (χ3n) is 3.61. The first-order chi connectivity index (χ1) is 9.58. The van der Waals surface area contributed by atoms with Gasteiger partial charge in [-0.15, -0.1) is 0 Å². The van der Waals surface area contributed by atoms with Crippen LogP contribution in [0.4, 0.5) is 11.4 Å². The number of likely N-dealkylation sites (N-methyl/N-ethyl adjacent to an activating group) is 1. The van der Waals surface area contributed by atoms with E-state index < -0.39 is 0 Å². The van der Waals surface area contributed by atoms with Crippen LogP contribution in [-0.2, 0) is 0 Å². The molecule has 1 rings (SSSR count). The Labute approximate surface area is 123 Å². The number of nitrogen functional groups attached to an aromatic ring is 1. The van der Waals surface area contributed by atoms with Gasteiger partial charge in [-0.3, -0.25) is 0 Å².